The van der Waals surface area contributed by atoms with Crippen molar-refractivity contribution in [2.45, 2.75) is 13.0 Å². The van der Waals surface area contributed by atoms with Crippen molar-refractivity contribution in [2.24, 2.45) is 0 Å². The van der Waals surface area contributed by atoms with E-state index in [1.165, 1.54) is 37.3 Å². The van der Waals surface area contributed by atoms with E-state index in [0.29, 0.717) is 9.99 Å². The summed E-state index contributed by atoms with van der Waals surface area (Å²) in [6.07, 6.45) is 0.890. The number of hydrogen-bond acceptors (Lipinski definition) is 3. The van der Waals surface area contributed by atoms with Crippen LogP contribution in [0.1, 0.15) is 6.92 Å². The lowest BCUT2D eigenvalue weighted by Crippen LogP contribution is -2.45. The Balaban J connectivity index is 2.31. The number of anilines is 2. The standard InChI is InChI=1S/C16H16F2N2O3S/c1-11(16(21)19-13-9-7-12(17)8-10-13)20(24(2,22)23)15-6-4-3-5-14(15)18/h3-11H,1-2H3,(H,19,21). The Morgan fingerprint density at radius 1 is 1.08 bits per heavy atom. The second-order valence-electron chi connectivity index (χ2n) is 5.18. The van der Waals surface area contributed by atoms with Crippen LogP contribution < -0.4 is 9.62 Å². The number of benzene rings is 2. The predicted molar refractivity (Wildman–Crippen MR) is 88.2 cm³/mol. The Labute approximate surface area is 139 Å². The molecule has 0 aliphatic heterocycles. The van der Waals surface area contributed by atoms with Gasteiger partial charge in [0.05, 0.1) is 11.9 Å². The molecule has 2 rings (SSSR count). The normalized spacial score (nSPS) is 12.5. The summed E-state index contributed by atoms with van der Waals surface area (Å²) in [5.74, 6) is -1.90. The molecule has 2 aromatic carbocycles. The van der Waals surface area contributed by atoms with Crippen molar-refractivity contribution in [3.05, 3.63) is 60.2 Å². The number of para-hydroxylation sites is 1. The highest BCUT2D eigenvalue weighted by molar-refractivity contribution is 7.92. The number of hydrogen-bond donors (Lipinski definition) is 1. The van der Waals surface area contributed by atoms with Gasteiger partial charge in [-0.25, -0.2) is 17.2 Å². The van der Waals surface area contributed by atoms with Crippen LogP contribution in [-0.2, 0) is 14.8 Å². The number of amides is 1. The van der Waals surface area contributed by atoms with E-state index >= 15 is 0 Å². The Hall–Kier alpha value is -2.48. The van der Waals surface area contributed by atoms with E-state index in [1.54, 1.807) is 0 Å². The summed E-state index contributed by atoms with van der Waals surface area (Å²) < 4.78 is 51.7. The second-order valence-corrected chi connectivity index (χ2v) is 7.04. The van der Waals surface area contributed by atoms with E-state index in [0.717, 1.165) is 24.5 Å². The zero-order valence-corrected chi connectivity index (χ0v) is 13.8. The Bertz CT molecular complexity index is 839. The molecule has 2 aromatic rings. The molecule has 0 aliphatic carbocycles. The van der Waals surface area contributed by atoms with Crippen LogP contribution in [0.5, 0.6) is 0 Å². The molecule has 0 aromatic heterocycles. The molecule has 0 heterocycles. The highest BCUT2D eigenvalue weighted by atomic mass is 32.2. The molecule has 0 spiro atoms. The number of carbonyl (C=O) groups excluding carboxylic acids is 1. The first-order chi connectivity index (χ1) is 11.2. The molecule has 0 saturated heterocycles. The topological polar surface area (TPSA) is 66.5 Å². The summed E-state index contributed by atoms with van der Waals surface area (Å²) >= 11 is 0. The summed E-state index contributed by atoms with van der Waals surface area (Å²) in [6, 6.07) is 9.07. The number of sulfonamides is 1. The van der Waals surface area contributed by atoms with Gasteiger partial charge in [-0.15, -0.1) is 0 Å². The van der Waals surface area contributed by atoms with E-state index in [1.807, 2.05) is 0 Å². The van der Waals surface area contributed by atoms with E-state index in [9.17, 15) is 22.0 Å². The molecular weight excluding hydrogens is 338 g/mol. The average molecular weight is 354 g/mol. The molecule has 1 N–H and O–H groups in total. The Kier molecular flexibility index (Phi) is 5.18. The highest BCUT2D eigenvalue weighted by Gasteiger charge is 2.30. The number of halogens is 2. The van der Waals surface area contributed by atoms with Crippen molar-refractivity contribution in [3.8, 4) is 0 Å². The molecule has 1 unspecified atom stereocenters. The minimum atomic E-state index is -3.91. The zero-order chi connectivity index (χ0) is 17.9. The fraction of sp³-hybridized carbons (Fsp3) is 0.188. The van der Waals surface area contributed by atoms with Gasteiger partial charge in [0, 0.05) is 5.69 Å². The molecular formula is C16H16F2N2O3S. The van der Waals surface area contributed by atoms with E-state index in [2.05, 4.69) is 5.32 Å². The van der Waals surface area contributed by atoms with Crippen molar-refractivity contribution < 1.29 is 22.0 Å². The van der Waals surface area contributed by atoms with E-state index in [-0.39, 0.29) is 5.69 Å². The maximum atomic E-state index is 14.0. The van der Waals surface area contributed by atoms with Gasteiger partial charge >= 0.3 is 0 Å². The van der Waals surface area contributed by atoms with Gasteiger partial charge in [-0.1, -0.05) is 12.1 Å². The first-order valence-electron chi connectivity index (χ1n) is 7.00. The van der Waals surface area contributed by atoms with Crippen LogP contribution >= 0.6 is 0 Å². The van der Waals surface area contributed by atoms with Gasteiger partial charge in [0.2, 0.25) is 15.9 Å². The average Bonchev–Trinajstić information content (AvgIpc) is 2.50. The summed E-state index contributed by atoms with van der Waals surface area (Å²) in [7, 11) is -3.91. The molecule has 24 heavy (non-hydrogen) atoms. The fourth-order valence-electron chi connectivity index (χ4n) is 2.19. The molecule has 0 saturated carbocycles. The lowest BCUT2D eigenvalue weighted by Gasteiger charge is -2.28. The maximum Gasteiger partial charge on any atom is 0.247 e. The van der Waals surface area contributed by atoms with Gasteiger partial charge < -0.3 is 5.32 Å². The van der Waals surface area contributed by atoms with Crippen LogP contribution in [0.2, 0.25) is 0 Å². The first-order valence-corrected chi connectivity index (χ1v) is 8.85. The third-order valence-electron chi connectivity index (χ3n) is 3.29. The molecule has 5 nitrogen and oxygen atoms in total. The van der Waals surface area contributed by atoms with Crippen molar-refractivity contribution in [1.29, 1.82) is 0 Å². The number of rotatable bonds is 5. The molecule has 0 fully saturated rings. The number of carbonyl (C=O) groups is 1. The van der Waals surface area contributed by atoms with Crippen LogP contribution in [0.3, 0.4) is 0 Å². The van der Waals surface area contributed by atoms with Crippen LogP contribution in [0.15, 0.2) is 48.5 Å². The van der Waals surface area contributed by atoms with Gasteiger partial charge in [0.15, 0.2) is 0 Å². The van der Waals surface area contributed by atoms with Gasteiger partial charge in [-0.3, -0.25) is 9.10 Å². The molecule has 0 aliphatic rings. The van der Waals surface area contributed by atoms with Crippen LogP contribution in [0.25, 0.3) is 0 Å². The molecule has 0 bridgehead atoms. The lowest BCUT2D eigenvalue weighted by molar-refractivity contribution is -0.116. The van der Waals surface area contributed by atoms with E-state index in [4.69, 9.17) is 0 Å². The second kappa shape index (κ2) is 6.96. The Morgan fingerprint density at radius 3 is 2.21 bits per heavy atom. The minimum absolute atomic E-state index is 0.221. The first kappa shape index (κ1) is 17.9. The predicted octanol–water partition coefficient (Wildman–Crippen LogP) is 2.76. The van der Waals surface area contributed by atoms with Crippen LogP contribution in [0, 0.1) is 11.6 Å². The largest absolute Gasteiger partial charge is 0.324 e. The maximum absolute atomic E-state index is 14.0. The minimum Gasteiger partial charge on any atom is -0.324 e. The van der Waals surface area contributed by atoms with Crippen molar-refractivity contribution in [3.63, 3.8) is 0 Å². The number of nitrogens with one attached hydrogen (secondary N) is 1. The highest BCUT2D eigenvalue weighted by Crippen LogP contribution is 2.24. The summed E-state index contributed by atoms with van der Waals surface area (Å²) in [5, 5.41) is 2.48. The Morgan fingerprint density at radius 2 is 1.67 bits per heavy atom. The third kappa shape index (κ3) is 4.08. The molecule has 128 valence electrons. The van der Waals surface area contributed by atoms with Gasteiger partial charge in [0.1, 0.15) is 17.7 Å². The summed E-state index contributed by atoms with van der Waals surface area (Å²) in [5.41, 5.74) is 0.0805. The van der Waals surface area contributed by atoms with Gasteiger partial charge in [-0.05, 0) is 43.3 Å². The zero-order valence-electron chi connectivity index (χ0n) is 13.0. The van der Waals surface area contributed by atoms with Gasteiger partial charge in [-0.2, -0.15) is 0 Å². The molecule has 1 atom stereocenters. The fourth-order valence-corrected chi connectivity index (χ4v) is 3.37. The SMILES string of the molecule is CC(C(=O)Nc1ccc(F)cc1)N(c1ccccc1F)S(C)(=O)=O. The van der Waals surface area contributed by atoms with Gasteiger partial charge in [0.25, 0.3) is 0 Å². The van der Waals surface area contributed by atoms with Crippen molar-refractivity contribution in [2.75, 3.05) is 15.9 Å². The monoisotopic (exact) mass is 354 g/mol. The van der Waals surface area contributed by atoms with Crippen molar-refractivity contribution in [1.82, 2.24) is 0 Å². The lowest BCUT2D eigenvalue weighted by atomic mass is 10.2. The van der Waals surface area contributed by atoms with Crippen molar-refractivity contribution >= 4 is 27.3 Å². The third-order valence-corrected chi connectivity index (χ3v) is 4.52. The quantitative estimate of drug-likeness (QED) is 0.898. The smallest absolute Gasteiger partial charge is 0.247 e. The number of nitrogens with zero attached hydrogens (tertiary/aromatic N) is 1. The molecule has 1 amide bonds. The van der Waals surface area contributed by atoms with Crippen LogP contribution in [-0.4, -0.2) is 26.6 Å². The van der Waals surface area contributed by atoms with Crippen LogP contribution in [0.4, 0.5) is 20.2 Å². The summed E-state index contributed by atoms with van der Waals surface area (Å²) in [4.78, 5) is 12.3. The molecule has 8 heteroatoms. The molecule has 0 radical (unpaired) electrons. The van der Waals surface area contributed by atoms with E-state index < -0.39 is 33.6 Å². The summed E-state index contributed by atoms with van der Waals surface area (Å²) in [6.45, 7) is 1.34.